The summed E-state index contributed by atoms with van der Waals surface area (Å²) >= 11 is 0. The molecule has 12 aromatic rings. The molecule has 12 rings (SSSR count). The molecule has 0 aliphatic carbocycles. The largest absolute Gasteiger partial charge is 0.454 e. The lowest BCUT2D eigenvalue weighted by atomic mass is 10.1. The van der Waals surface area contributed by atoms with Crippen molar-refractivity contribution in [1.29, 1.82) is 5.26 Å². The van der Waals surface area contributed by atoms with Crippen LogP contribution in [-0.2, 0) is 0 Å². The van der Waals surface area contributed by atoms with Gasteiger partial charge in [0.25, 0.3) is 0 Å². The minimum atomic E-state index is -3.01. The van der Waals surface area contributed by atoms with E-state index in [1.807, 2.05) is 48.5 Å². The number of rotatable bonds is 6. The summed E-state index contributed by atoms with van der Waals surface area (Å²) in [6.07, 6.45) is 0. The molecule has 0 N–H and O–H groups in total. The molecule has 0 spiro atoms. The van der Waals surface area contributed by atoms with Crippen molar-refractivity contribution in [3.8, 4) is 17.4 Å². The first kappa shape index (κ1) is 35.5. The van der Waals surface area contributed by atoms with Gasteiger partial charge < -0.3 is 13.6 Å². The zero-order chi connectivity index (χ0) is 41.4. The van der Waals surface area contributed by atoms with Crippen LogP contribution in [0, 0.1) is 17.9 Å². The van der Waals surface area contributed by atoms with Crippen molar-refractivity contribution in [2.75, 3.05) is 0 Å². The summed E-state index contributed by atoms with van der Waals surface area (Å²) < 4.78 is 11.3. The Labute approximate surface area is 358 Å². The van der Waals surface area contributed by atoms with Crippen molar-refractivity contribution in [2.45, 2.75) is 0 Å². The number of hydrogen-bond acceptors (Lipinski definition) is 2. The fraction of sp³-hybridized carbons (Fsp3) is 0. The third kappa shape index (κ3) is 5.12. The Morgan fingerprint density at radius 1 is 0.452 bits per heavy atom. The van der Waals surface area contributed by atoms with Gasteiger partial charge in [0.1, 0.15) is 5.58 Å². The molecule has 0 bridgehead atoms. The van der Waals surface area contributed by atoms with Crippen LogP contribution >= 0.6 is 0 Å². The normalized spacial score (nSPS) is 11.8. The number of para-hydroxylation sites is 2. The Morgan fingerprint density at radius 3 is 1.81 bits per heavy atom. The summed E-state index contributed by atoms with van der Waals surface area (Å²) in [6.45, 7) is 7.76. The van der Waals surface area contributed by atoms with Gasteiger partial charge >= 0.3 is 0 Å². The average Bonchev–Trinajstić information content (AvgIpc) is 4.00. The molecule has 0 aliphatic heterocycles. The van der Waals surface area contributed by atoms with E-state index in [1.54, 1.807) is 0 Å². The highest BCUT2D eigenvalue weighted by Crippen LogP contribution is 2.40. The quantitative estimate of drug-likeness (QED) is 0.0955. The monoisotopic (exact) mass is 806 g/mol. The Bertz CT molecular complexity index is 3720. The lowest BCUT2D eigenvalue weighted by molar-refractivity contribution is 0.671. The molecule has 0 fully saturated rings. The van der Waals surface area contributed by atoms with Crippen molar-refractivity contribution in [1.82, 2.24) is 9.13 Å². The summed E-state index contributed by atoms with van der Waals surface area (Å²) in [7, 11) is -3.01. The molecular formula is C56H34N4OSi. The summed E-state index contributed by atoms with van der Waals surface area (Å²) in [5.41, 5.74) is 9.16. The van der Waals surface area contributed by atoms with Crippen LogP contribution in [0.2, 0.25) is 0 Å². The van der Waals surface area contributed by atoms with E-state index >= 15 is 0 Å². The van der Waals surface area contributed by atoms with Gasteiger partial charge in [-0.3, -0.25) is 0 Å². The second-order valence-electron chi connectivity index (χ2n) is 15.9. The molecule has 0 radical (unpaired) electrons. The Kier molecular flexibility index (Phi) is 7.92. The SMILES string of the molecule is [C-]#[N+]c1ccc2c(c1)c1cc(C#N)ccc1n2-c1cccc([Si](c2ccccc2)(c2ccccc2)c2ccc(-n3c4ccccc4c4ccc5c6ccccc6oc5c43)cc2)c1. The predicted octanol–water partition coefficient (Wildman–Crippen LogP) is 11.6. The van der Waals surface area contributed by atoms with Gasteiger partial charge in [-0.1, -0.05) is 133 Å². The summed E-state index contributed by atoms with van der Waals surface area (Å²) in [5, 5.41) is 21.4. The summed E-state index contributed by atoms with van der Waals surface area (Å²) in [4.78, 5) is 3.75. The number of nitriles is 1. The maximum Gasteiger partial charge on any atom is 0.188 e. The highest BCUT2D eigenvalue weighted by molar-refractivity contribution is 7.19. The first-order valence-corrected chi connectivity index (χ1v) is 22.7. The number of nitrogens with zero attached hydrogens (tertiary/aromatic N) is 4. The number of hydrogen-bond donors (Lipinski definition) is 0. The number of furan rings is 1. The Morgan fingerprint density at radius 2 is 1.06 bits per heavy atom. The van der Waals surface area contributed by atoms with E-state index in [9.17, 15) is 5.26 Å². The van der Waals surface area contributed by atoms with E-state index in [0.717, 1.165) is 71.5 Å². The van der Waals surface area contributed by atoms with Crippen LogP contribution in [0.4, 0.5) is 5.69 Å². The van der Waals surface area contributed by atoms with Gasteiger partial charge in [0.2, 0.25) is 0 Å². The minimum absolute atomic E-state index is 0.568. The number of benzene rings is 9. The highest BCUT2D eigenvalue weighted by Gasteiger charge is 2.41. The van der Waals surface area contributed by atoms with E-state index in [0.29, 0.717) is 11.3 Å². The third-order valence-corrected chi connectivity index (χ3v) is 17.5. The fourth-order valence-electron chi connectivity index (χ4n) is 10.0. The van der Waals surface area contributed by atoms with Gasteiger partial charge in [0.15, 0.2) is 19.3 Å². The molecule has 62 heavy (non-hydrogen) atoms. The number of fused-ring (bicyclic) bond motifs is 10. The molecule has 0 atom stereocenters. The fourth-order valence-corrected chi connectivity index (χ4v) is 14.8. The van der Waals surface area contributed by atoms with Gasteiger partial charge in [-0.2, -0.15) is 5.26 Å². The molecular weight excluding hydrogens is 773 g/mol. The molecule has 0 saturated carbocycles. The van der Waals surface area contributed by atoms with E-state index in [1.165, 1.54) is 26.1 Å². The maximum atomic E-state index is 9.87. The van der Waals surface area contributed by atoms with Gasteiger partial charge in [0.05, 0.1) is 40.3 Å². The van der Waals surface area contributed by atoms with Crippen molar-refractivity contribution in [3.63, 3.8) is 0 Å². The van der Waals surface area contributed by atoms with Crippen molar-refractivity contribution in [3.05, 3.63) is 223 Å². The van der Waals surface area contributed by atoms with Crippen molar-refractivity contribution < 1.29 is 4.42 Å². The standard InChI is InChI=1S/C56H34N4OSi/c1-58-38-24-32-53-50(34-38)49-33-37(36-57)23-31-52(49)59(53)40-13-12-18-44(35-40)62(41-14-4-2-5-15-41,42-16-6-3-7-17-42)43-27-25-39(26-28-43)60-51-21-10-8-19-45(51)47-29-30-48-46-20-9-11-22-54(46)61-56(48)55(47)60/h2-35H. The molecule has 3 heterocycles. The molecule has 0 saturated heterocycles. The lowest BCUT2D eigenvalue weighted by Crippen LogP contribution is -2.74. The van der Waals surface area contributed by atoms with Crippen LogP contribution in [0.25, 0.3) is 81.8 Å². The smallest absolute Gasteiger partial charge is 0.188 e. The molecule has 0 amide bonds. The van der Waals surface area contributed by atoms with Crippen LogP contribution < -0.4 is 20.7 Å². The first-order chi connectivity index (χ1) is 30.6. The zero-order valence-corrected chi connectivity index (χ0v) is 34.3. The molecule has 3 aromatic heterocycles. The molecule has 0 aliphatic rings. The topological polar surface area (TPSA) is 51.1 Å². The lowest BCUT2D eigenvalue weighted by Gasteiger charge is -2.35. The second kappa shape index (κ2) is 13.8. The second-order valence-corrected chi connectivity index (χ2v) is 19.7. The molecule has 5 nitrogen and oxygen atoms in total. The Hall–Kier alpha value is -8.42. The van der Waals surface area contributed by atoms with Crippen LogP contribution in [0.3, 0.4) is 0 Å². The average molecular weight is 807 g/mol. The van der Waals surface area contributed by atoms with Crippen molar-refractivity contribution >= 4 is 100 Å². The Balaban J connectivity index is 1.11. The maximum absolute atomic E-state index is 9.87. The third-order valence-electron chi connectivity index (χ3n) is 12.7. The van der Waals surface area contributed by atoms with Gasteiger partial charge in [-0.05, 0) is 98.9 Å². The first-order valence-electron chi connectivity index (χ1n) is 20.7. The van der Waals surface area contributed by atoms with Gasteiger partial charge in [0, 0.05) is 38.3 Å². The van der Waals surface area contributed by atoms with Crippen LogP contribution in [0.5, 0.6) is 0 Å². The van der Waals surface area contributed by atoms with Gasteiger partial charge in [-0.25, -0.2) is 4.85 Å². The summed E-state index contributed by atoms with van der Waals surface area (Å²) in [6, 6.07) is 75.7. The van der Waals surface area contributed by atoms with E-state index in [-0.39, 0.29) is 0 Å². The molecule has 6 heteroatoms. The number of aromatic nitrogens is 2. The predicted molar refractivity (Wildman–Crippen MR) is 257 cm³/mol. The molecule has 0 unspecified atom stereocenters. The molecule has 9 aromatic carbocycles. The van der Waals surface area contributed by atoms with Gasteiger partial charge in [-0.15, -0.1) is 0 Å². The van der Waals surface area contributed by atoms with Crippen LogP contribution in [-0.4, -0.2) is 17.2 Å². The van der Waals surface area contributed by atoms with E-state index < -0.39 is 8.07 Å². The zero-order valence-electron chi connectivity index (χ0n) is 33.3. The highest BCUT2D eigenvalue weighted by atomic mass is 28.3. The summed E-state index contributed by atoms with van der Waals surface area (Å²) in [5.74, 6) is 0. The van der Waals surface area contributed by atoms with Crippen LogP contribution in [0.1, 0.15) is 5.56 Å². The van der Waals surface area contributed by atoms with E-state index in [2.05, 4.69) is 178 Å². The molecule has 288 valence electrons. The van der Waals surface area contributed by atoms with Crippen LogP contribution in [0.15, 0.2) is 211 Å². The minimum Gasteiger partial charge on any atom is -0.454 e. The van der Waals surface area contributed by atoms with E-state index in [4.69, 9.17) is 11.0 Å². The van der Waals surface area contributed by atoms with Crippen molar-refractivity contribution in [2.24, 2.45) is 0 Å².